The van der Waals surface area contributed by atoms with Gasteiger partial charge >= 0.3 is 0 Å². The van der Waals surface area contributed by atoms with Crippen molar-refractivity contribution in [2.45, 2.75) is 26.2 Å². The molecule has 1 fully saturated rings. The Balaban J connectivity index is 1.24. The van der Waals surface area contributed by atoms with Crippen LogP contribution in [0.15, 0.2) is 59.1 Å². The summed E-state index contributed by atoms with van der Waals surface area (Å²) >= 11 is 0. The molecule has 1 aliphatic heterocycles. The van der Waals surface area contributed by atoms with Crippen molar-refractivity contribution >= 4 is 5.91 Å². The van der Waals surface area contributed by atoms with Crippen LogP contribution in [0.25, 0.3) is 11.4 Å². The van der Waals surface area contributed by atoms with E-state index in [1.807, 2.05) is 66.4 Å². The van der Waals surface area contributed by atoms with Crippen LogP contribution in [0.2, 0.25) is 0 Å². The smallest absolute Gasteiger partial charge is 0.251 e. The summed E-state index contributed by atoms with van der Waals surface area (Å²) < 4.78 is 16.4. The van der Waals surface area contributed by atoms with Crippen molar-refractivity contribution in [2.75, 3.05) is 33.3 Å². The molecule has 1 aromatic heterocycles. The predicted octanol–water partition coefficient (Wildman–Crippen LogP) is 2.99. The zero-order chi connectivity index (χ0) is 22.3. The van der Waals surface area contributed by atoms with E-state index >= 15 is 0 Å². The van der Waals surface area contributed by atoms with Crippen molar-refractivity contribution in [1.29, 1.82) is 0 Å². The van der Waals surface area contributed by atoms with Crippen LogP contribution in [0.4, 0.5) is 0 Å². The van der Waals surface area contributed by atoms with Crippen molar-refractivity contribution < 1.29 is 18.8 Å². The second-order valence-corrected chi connectivity index (χ2v) is 7.78. The van der Waals surface area contributed by atoms with E-state index in [2.05, 4.69) is 15.0 Å². The van der Waals surface area contributed by atoms with E-state index in [0.717, 1.165) is 30.0 Å². The van der Waals surface area contributed by atoms with Gasteiger partial charge in [0.2, 0.25) is 11.7 Å². The summed E-state index contributed by atoms with van der Waals surface area (Å²) in [7, 11) is 1.63. The highest BCUT2D eigenvalue weighted by Gasteiger charge is 2.26. The molecule has 0 aliphatic carbocycles. The Morgan fingerprint density at radius 3 is 2.47 bits per heavy atom. The third-order valence-electron chi connectivity index (χ3n) is 5.55. The maximum Gasteiger partial charge on any atom is 0.251 e. The molecular formula is C24H28N4O4. The van der Waals surface area contributed by atoms with Gasteiger partial charge in [-0.2, -0.15) is 4.98 Å². The molecule has 2 aromatic carbocycles. The molecule has 0 radical (unpaired) electrons. The number of benzene rings is 2. The number of hydrogen-bond donors (Lipinski definition) is 0. The second kappa shape index (κ2) is 10.4. The lowest BCUT2D eigenvalue weighted by Gasteiger charge is -2.35. The third kappa shape index (κ3) is 5.52. The fourth-order valence-electron chi connectivity index (χ4n) is 3.62. The molecule has 0 spiro atoms. The van der Waals surface area contributed by atoms with Crippen LogP contribution in [0.1, 0.15) is 18.4 Å². The molecule has 1 amide bonds. The number of nitrogens with zero attached hydrogens (tertiary/aromatic N) is 4. The van der Waals surface area contributed by atoms with Crippen molar-refractivity contribution in [3.05, 3.63) is 66.1 Å². The summed E-state index contributed by atoms with van der Waals surface area (Å²) in [6.45, 7) is 5.60. The van der Waals surface area contributed by atoms with Crippen molar-refractivity contribution in [3.63, 3.8) is 0 Å². The lowest BCUT2D eigenvalue weighted by atomic mass is 10.2. The van der Waals surface area contributed by atoms with Gasteiger partial charge in [0.05, 0.1) is 20.3 Å². The average molecular weight is 437 g/mol. The van der Waals surface area contributed by atoms with E-state index in [-0.39, 0.29) is 5.91 Å². The van der Waals surface area contributed by atoms with Crippen molar-refractivity contribution in [3.8, 4) is 17.1 Å². The number of aromatic nitrogens is 2. The summed E-state index contributed by atoms with van der Waals surface area (Å²) in [5.74, 6) is 1.93. The van der Waals surface area contributed by atoms with E-state index < -0.39 is 6.10 Å². The SMILES string of the molecule is COc1ccc(-c2noc(CN3CCN(C(=O)C(C)OCc4ccccc4)CC3)n2)cc1. The molecule has 2 heterocycles. The number of piperazine rings is 1. The van der Waals surface area contributed by atoms with E-state index in [4.69, 9.17) is 14.0 Å². The molecule has 32 heavy (non-hydrogen) atoms. The van der Waals surface area contributed by atoms with E-state index in [1.54, 1.807) is 7.11 Å². The Hall–Kier alpha value is -3.23. The van der Waals surface area contributed by atoms with Gasteiger partial charge in [0.15, 0.2) is 0 Å². The van der Waals surface area contributed by atoms with Crippen LogP contribution in [0.3, 0.4) is 0 Å². The number of carbonyl (C=O) groups excluding carboxylic acids is 1. The normalized spacial score (nSPS) is 15.5. The summed E-state index contributed by atoms with van der Waals surface area (Å²) in [5.41, 5.74) is 1.94. The maximum absolute atomic E-state index is 12.7. The molecule has 8 nitrogen and oxygen atoms in total. The third-order valence-corrected chi connectivity index (χ3v) is 5.55. The van der Waals surface area contributed by atoms with Crippen LogP contribution in [0, 0.1) is 0 Å². The van der Waals surface area contributed by atoms with Crippen molar-refractivity contribution in [1.82, 2.24) is 19.9 Å². The lowest BCUT2D eigenvalue weighted by molar-refractivity contribution is -0.145. The highest BCUT2D eigenvalue weighted by molar-refractivity contribution is 5.80. The Labute approximate surface area is 187 Å². The summed E-state index contributed by atoms with van der Waals surface area (Å²) in [6, 6.07) is 17.4. The standard InChI is InChI=1S/C24H28N4O4/c1-18(31-17-19-6-4-3-5-7-19)24(29)28-14-12-27(13-15-28)16-22-25-23(26-32-22)20-8-10-21(30-2)11-9-20/h3-11,18H,12-17H2,1-2H3. The van der Waals surface area contributed by atoms with Gasteiger partial charge in [-0.05, 0) is 36.8 Å². The first-order valence-corrected chi connectivity index (χ1v) is 10.8. The Bertz CT molecular complexity index is 998. The van der Waals surface area contributed by atoms with Crippen LogP contribution in [-0.2, 0) is 22.7 Å². The first-order valence-electron chi connectivity index (χ1n) is 10.8. The Kier molecular flexibility index (Phi) is 7.14. The van der Waals surface area contributed by atoms with Gasteiger partial charge in [-0.3, -0.25) is 9.69 Å². The monoisotopic (exact) mass is 436 g/mol. The van der Waals surface area contributed by atoms with Crippen molar-refractivity contribution in [2.24, 2.45) is 0 Å². The highest BCUT2D eigenvalue weighted by atomic mass is 16.5. The zero-order valence-corrected chi connectivity index (χ0v) is 18.4. The molecule has 4 rings (SSSR count). The largest absolute Gasteiger partial charge is 0.497 e. The maximum atomic E-state index is 12.7. The number of ether oxygens (including phenoxy) is 2. The molecule has 1 saturated heterocycles. The number of amides is 1. The van der Waals surface area contributed by atoms with E-state index in [1.165, 1.54) is 0 Å². The van der Waals surface area contributed by atoms with Gasteiger partial charge in [-0.1, -0.05) is 35.5 Å². The summed E-state index contributed by atoms with van der Waals surface area (Å²) in [6.07, 6.45) is -0.468. The van der Waals surface area contributed by atoms with Gasteiger partial charge in [-0.25, -0.2) is 0 Å². The van der Waals surface area contributed by atoms with Crippen LogP contribution < -0.4 is 4.74 Å². The highest BCUT2D eigenvalue weighted by Crippen LogP contribution is 2.20. The molecule has 1 aliphatic rings. The number of carbonyl (C=O) groups is 1. The molecule has 168 valence electrons. The van der Waals surface area contributed by atoms with Gasteiger partial charge < -0.3 is 18.9 Å². The number of methoxy groups -OCH3 is 1. The van der Waals surface area contributed by atoms with Gasteiger partial charge in [0.25, 0.3) is 5.91 Å². The summed E-state index contributed by atoms with van der Waals surface area (Å²) in [5, 5.41) is 4.08. The van der Waals surface area contributed by atoms with Crippen LogP contribution >= 0.6 is 0 Å². The quantitative estimate of drug-likeness (QED) is 0.537. The first-order chi connectivity index (χ1) is 15.6. The molecule has 1 unspecified atom stereocenters. The lowest BCUT2D eigenvalue weighted by Crippen LogP contribution is -2.51. The molecule has 0 bridgehead atoms. The topological polar surface area (TPSA) is 80.9 Å². The molecule has 0 N–H and O–H groups in total. The summed E-state index contributed by atoms with van der Waals surface area (Å²) in [4.78, 5) is 21.3. The fraction of sp³-hybridized carbons (Fsp3) is 0.375. The van der Waals surface area contributed by atoms with E-state index in [9.17, 15) is 4.79 Å². The van der Waals surface area contributed by atoms with E-state index in [0.29, 0.717) is 38.0 Å². The minimum absolute atomic E-state index is 0.0279. The van der Waals surface area contributed by atoms with Crippen LogP contribution in [0.5, 0.6) is 5.75 Å². The predicted molar refractivity (Wildman–Crippen MR) is 119 cm³/mol. The zero-order valence-electron chi connectivity index (χ0n) is 18.4. The molecule has 0 saturated carbocycles. The number of rotatable bonds is 8. The van der Waals surface area contributed by atoms with Crippen LogP contribution in [-0.4, -0.2) is 65.2 Å². The Morgan fingerprint density at radius 1 is 1.06 bits per heavy atom. The molecule has 1 atom stereocenters. The number of hydrogen-bond acceptors (Lipinski definition) is 7. The minimum atomic E-state index is -0.468. The average Bonchev–Trinajstić information content (AvgIpc) is 3.31. The minimum Gasteiger partial charge on any atom is -0.497 e. The molecular weight excluding hydrogens is 408 g/mol. The molecule has 8 heteroatoms. The first kappa shape index (κ1) is 22.0. The molecule has 3 aromatic rings. The van der Waals surface area contributed by atoms with Gasteiger partial charge in [-0.15, -0.1) is 0 Å². The second-order valence-electron chi connectivity index (χ2n) is 7.78. The fourth-order valence-corrected chi connectivity index (χ4v) is 3.62. The van der Waals surface area contributed by atoms with Gasteiger partial charge in [0.1, 0.15) is 11.9 Å². The Morgan fingerprint density at radius 2 is 1.78 bits per heavy atom. The van der Waals surface area contributed by atoms with Gasteiger partial charge in [0, 0.05) is 31.7 Å².